The summed E-state index contributed by atoms with van der Waals surface area (Å²) in [7, 11) is -5.09. The summed E-state index contributed by atoms with van der Waals surface area (Å²) in [5.41, 5.74) is 0. The summed E-state index contributed by atoms with van der Waals surface area (Å²) in [4.78, 5) is 13.1. The van der Waals surface area contributed by atoms with Crippen molar-refractivity contribution in [2.45, 2.75) is 281 Å². The Hall–Kier alpha value is -1.68. The first-order chi connectivity index (χ1) is 32.0. The van der Waals surface area contributed by atoms with E-state index < -0.39 is 59.9 Å². The van der Waals surface area contributed by atoms with Crippen LogP contribution in [0, 0.1) is 0 Å². The highest BCUT2D eigenvalue weighted by Crippen LogP contribution is 2.26. The summed E-state index contributed by atoms with van der Waals surface area (Å²) >= 11 is 0. The number of unbranched alkanes of at least 4 members (excludes halogenated alkanes) is 31. The summed E-state index contributed by atoms with van der Waals surface area (Å²) < 4.78 is 47.7. The number of aliphatic hydroxyl groups is 4. The third-order valence-electron chi connectivity index (χ3n) is 12.7. The molecule has 7 unspecified atom stereocenters. The number of carbonyl (C=O) groups excluding carboxylic acids is 1. The standard InChI is InChI=1S/C53H99NO11S/c1-3-5-7-9-11-13-15-17-19-20-21-22-23-24-25-26-27-29-30-32-34-36-38-40-42-47(56)46(45-63-53-51(59)52(65-66(60,61)62)50(58)48(44-55)64-53)54-49(57)43-41-39-37-35-33-31-28-18-16-14-12-10-8-6-4-2/h12,14,16,18,40,42,46-48,50-53,55-56,58-59H,3-11,13,15,17,19-39,41,43-45H2,1-2H3,(H,54,57)(H,60,61,62)/b14-12-,18-16-,42-40+. The Labute approximate surface area is 403 Å². The van der Waals surface area contributed by atoms with Crippen molar-refractivity contribution >= 4 is 16.3 Å². The Kier molecular flexibility index (Phi) is 40.9. The predicted molar refractivity (Wildman–Crippen MR) is 268 cm³/mol. The summed E-state index contributed by atoms with van der Waals surface area (Å²) in [6.45, 7) is 3.37. The molecular weight excluding hydrogens is 859 g/mol. The zero-order chi connectivity index (χ0) is 48.4. The first-order valence-corrected chi connectivity index (χ1v) is 28.3. The molecule has 7 atom stereocenters. The molecule has 1 amide bonds. The van der Waals surface area contributed by atoms with Gasteiger partial charge in [-0.2, -0.15) is 8.42 Å². The van der Waals surface area contributed by atoms with Gasteiger partial charge in [0.2, 0.25) is 5.91 Å². The lowest BCUT2D eigenvalue weighted by molar-refractivity contribution is -0.298. The van der Waals surface area contributed by atoms with Crippen LogP contribution in [0.2, 0.25) is 0 Å². The van der Waals surface area contributed by atoms with Gasteiger partial charge in [0.05, 0.1) is 25.4 Å². The minimum atomic E-state index is -5.09. The number of aliphatic hydroxyl groups excluding tert-OH is 4. The van der Waals surface area contributed by atoms with Crippen LogP contribution in [0.5, 0.6) is 0 Å². The van der Waals surface area contributed by atoms with Gasteiger partial charge in [-0.25, -0.2) is 4.18 Å². The third kappa shape index (κ3) is 35.4. The molecule has 1 saturated heterocycles. The molecular formula is C53H99NO11S. The van der Waals surface area contributed by atoms with Crippen molar-refractivity contribution in [1.29, 1.82) is 0 Å². The lowest BCUT2D eigenvalue weighted by Crippen LogP contribution is -2.61. The first-order valence-electron chi connectivity index (χ1n) is 26.9. The van der Waals surface area contributed by atoms with Gasteiger partial charge >= 0.3 is 10.4 Å². The van der Waals surface area contributed by atoms with E-state index in [9.17, 15) is 38.2 Å². The van der Waals surface area contributed by atoms with E-state index in [1.807, 2.05) is 6.08 Å². The van der Waals surface area contributed by atoms with Gasteiger partial charge < -0.3 is 35.2 Å². The highest BCUT2D eigenvalue weighted by atomic mass is 32.3. The number of ether oxygens (including phenoxy) is 2. The van der Waals surface area contributed by atoms with Gasteiger partial charge in [-0.1, -0.05) is 224 Å². The van der Waals surface area contributed by atoms with Crippen molar-refractivity contribution < 1.29 is 51.8 Å². The van der Waals surface area contributed by atoms with Gasteiger partial charge in [-0.15, -0.1) is 0 Å². The molecule has 0 radical (unpaired) electrons. The summed E-state index contributed by atoms with van der Waals surface area (Å²) in [5, 5.41) is 44.9. The largest absolute Gasteiger partial charge is 0.397 e. The van der Waals surface area contributed by atoms with Gasteiger partial charge in [-0.3, -0.25) is 9.35 Å². The van der Waals surface area contributed by atoms with E-state index in [0.717, 1.165) is 64.2 Å². The molecule has 0 aromatic carbocycles. The molecule has 0 aromatic rings. The van der Waals surface area contributed by atoms with E-state index in [4.69, 9.17) is 9.47 Å². The molecule has 1 fully saturated rings. The minimum absolute atomic E-state index is 0.255. The van der Waals surface area contributed by atoms with Crippen LogP contribution in [0.1, 0.15) is 239 Å². The Bertz CT molecular complexity index is 1310. The SMILES string of the molecule is CCCCC/C=C\C=C/CCCCCCCCC(=O)NC(COC1OC(CO)C(O)C(OS(=O)(=O)O)C1O)C(O)/C=C/CCCCCCCCCCCCCCCCCCCCCCCC. The molecule has 1 aliphatic heterocycles. The maximum Gasteiger partial charge on any atom is 0.397 e. The number of rotatable bonds is 46. The van der Waals surface area contributed by atoms with Crippen LogP contribution < -0.4 is 5.32 Å². The molecule has 12 nitrogen and oxygen atoms in total. The Morgan fingerprint density at radius 2 is 1.00 bits per heavy atom. The van der Waals surface area contributed by atoms with Gasteiger partial charge in [0.25, 0.3) is 0 Å². The molecule has 1 heterocycles. The third-order valence-corrected chi connectivity index (χ3v) is 13.2. The monoisotopic (exact) mass is 958 g/mol. The van der Waals surface area contributed by atoms with Gasteiger partial charge in [0.1, 0.15) is 24.4 Å². The molecule has 0 aromatic heterocycles. The fourth-order valence-electron chi connectivity index (χ4n) is 8.51. The molecule has 0 bridgehead atoms. The lowest BCUT2D eigenvalue weighted by atomic mass is 9.99. The van der Waals surface area contributed by atoms with Crippen molar-refractivity contribution in [3.63, 3.8) is 0 Å². The molecule has 66 heavy (non-hydrogen) atoms. The molecule has 6 N–H and O–H groups in total. The molecule has 1 rings (SSSR count). The van der Waals surface area contributed by atoms with Crippen molar-refractivity contribution in [3.8, 4) is 0 Å². The average Bonchev–Trinajstić information content (AvgIpc) is 3.29. The number of hydrogen-bond donors (Lipinski definition) is 6. The second-order valence-electron chi connectivity index (χ2n) is 18.8. The second kappa shape index (κ2) is 43.3. The molecule has 13 heteroatoms. The smallest absolute Gasteiger partial charge is 0.394 e. The average molecular weight is 958 g/mol. The minimum Gasteiger partial charge on any atom is -0.394 e. The van der Waals surface area contributed by atoms with Crippen LogP contribution in [0.3, 0.4) is 0 Å². The highest BCUT2D eigenvalue weighted by molar-refractivity contribution is 7.80. The van der Waals surface area contributed by atoms with E-state index in [-0.39, 0.29) is 18.9 Å². The predicted octanol–water partition coefficient (Wildman–Crippen LogP) is 11.8. The quantitative estimate of drug-likeness (QED) is 0.0147. The van der Waals surface area contributed by atoms with Crippen LogP contribution >= 0.6 is 0 Å². The van der Waals surface area contributed by atoms with Crippen LogP contribution in [-0.2, 0) is 28.9 Å². The van der Waals surface area contributed by atoms with Crippen molar-refractivity contribution in [3.05, 3.63) is 36.5 Å². The number of hydrogen-bond acceptors (Lipinski definition) is 10. The van der Waals surface area contributed by atoms with Gasteiger partial charge in [0, 0.05) is 6.42 Å². The summed E-state index contributed by atoms with van der Waals surface area (Å²) in [6, 6.07) is -0.950. The topological polar surface area (TPSA) is 192 Å². The van der Waals surface area contributed by atoms with Crippen LogP contribution in [0.25, 0.3) is 0 Å². The Morgan fingerprint density at radius 1 is 0.606 bits per heavy atom. The van der Waals surface area contributed by atoms with E-state index in [2.05, 4.69) is 47.7 Å². The molecule has 0 spiro atoms. The second-order valence-corrected chi connectivity index (χ2v) is 19.9. The van der Waals surface area contributed by atoms with E-state index in [1.54, 1.807) is 6.08 Å². The van der Waals surface area contributed by atoms with E-state index >= 15 is 0 Å². The zero-order valence-electron chi connectivity index (χ0n) is 41.8. The zero-order valence-corrected chi connectivity index (χ0v) is 42.6. The van der Waals surface area contributed by atoms with Gasteiger partial charge in [0.15, 0.2) is 6.29 Å². The van der Waals surface area contributed by atoms with Crippen LogP contribution in [0.15, 0.2) is 36.5 Å². The van der Waals surface area contributed by atoms with E-state index in [0.29, 0.717) is 6.42 Å². The normalized spacial score (nSPS) is 20.3. The fourth-order valence-corrected chi connectivity index (χ4v) is 9.01. The summed E-state index contributed by atoms with van der Waals surface area (Å²) in [5.74, 6) is -0.273. The Balaban J connectivity index is 2.41. The van der Waals surface area contributed by atoms with Crippen molar-refractivity contribution in [2.75, 3.05) is 13.2 Å². The molecule has 0 aliphatic carbocycles. The lowest BCUT2D eigenvalue weighted by Gasteiger charge is -2.41. The number of nitrogens with one attached hydrogen (secondary N) is 1. The number of allylic oxidation sites excluding steroid dienone is 5. The molecule has 0 saturated carbocycles. The molecule has 1 aliphatic rings. The van der Waals surface area contributed by atoms with Crippen molar-refractivity contribution in [1.82, 2.24) is 5.32 Å². The van der Waals surface area contributed by atoms with Crippen molar-refractivity contribution in [2.24, 2.45) is 0 Å². The highest BCUT2D eigenvalue weighted by Gasteiger charge is 2.48. The molecule has 388 valence electrons. The first kappa shape index (κ1) is 62.3. The van der Waals surface area contributed by atoms with Gasteiger partial charge in [-0.05, 0) is 44.9 Å². The Morgan fingerprint density at radius 3 is 1.44 bits per heavy atom. The van der Waals surface area contributed by atoms with E-state index in [1.165, 1.54) is 148 Å². The maximum atomic E-state index is 13.1. The van der Waals surface area contributed by atoms with Crippen LogP contribution in [0.4, 0.5) is 0 Å². The summed E-state index contributed by atoms with van der Waals surface area (Å²) in [6.07, 6.45) is 44.7. The number of carbonyl (C=O) groups is 1. The fraction of sp³-hybridized carbons (Fsp3) is 0.868. The van der Waals surface area contributed by atoms with Crippen LogP contribution in [-0.4, -0.2) is 95.4 Å². The number of amides is 1. The maximum absolute atomic E-state index is 13.1.